The van der Waals surface area contributed by atoms with Crippen molar-refractivity contribution in [3.05, 3.63) is 0 Å². The first-order chi connectivity index (χ1) is 6.29. The molecular weight excluding hydrogens is 178 g/mol. The topological polar surface area (TPSA) is 37.3 Å². The minimum absolute atomic E-state index is 0.124. The second kappa shape index (κ2) is 4.78. The summed E-state index contributed by atoms with van der Waals surface area (Å²) in [6.07, 6.45) is 0.263. The summed E-state index contributed by atoms with van der Waals surface area (Å²) in [6, 6.07) is 0. The van der Waals surface area contributed by atoms with Gasteiger partial charge < -0.3 is 9.59 Å². The number of carboxylic acids is 1. The Bertz CT molecular complexity index is 190. The first-order valence-electron chi connectivity index (χ1n) is 5.37. The highest BCUT2D eigenvalue weighted by Crippen LogP contribution is 2.24. The third-order valence-corrected chi connectivity index (χ3v) is 3.39. The van der Waals surface area contributed by atoms with Crippen LogP contribution in [0.3, 0.4) is 0 Å². The van der Waals surface area contributed by atoms with E-state index in [1.165, 1.54) is 0 Å². The van der Waals surface area contributed by atoms with Gasteiger partial charge in [0.2, 0.25) is 0 Å². The van der Waals surface area contributed by atoms with Crippen LogP contribution < -0.4 is 0 Å². The highest BCUT2D eigenvalue weighted by atomic mass is 16.4. The average Bonchev–Trinajstić information content (AvgIpc) is 2.04. The number of quaternary nitrogens is 1. The van der Waals surface area contributed by atoms with Crippen molar-refractivity contribution < 1.29 is 14.4 Å². The van der Waals surface area contributed by atoms with Crippen LogP contribution in [0.25, 0.3) is 0 Å². The molecule has 0 heterocycles. The molecule has 0 amide bonds. The summed E-state index contributed by atoms with van der Waals surface area (Å²) in [5.41, 5.74) is 0.124. The number of carbonyl (C=O) groups is 1. The van der Waals surface area contributed by atoms with Crippen LogP contribution in [-0.4, -0.2) is 40.7 Å². The van der Waals surface area contributed by atoms with Crippen LogP contribution in [0.1, 0.15) is 41.0 Å². The molecule has 0 aromatic rings. The van der Waals surface area contributed by atoms with E-state index < -0.39 is 5.97 Å². The zero-order chi connectivity index (χ0) is 11.4. The van der Waals surface area contributed by atoms with E-state index in [4.69, 9.17) is 5.11 Å². The van der Waals surface area contributed by atoms with Crippen molar-refractivity contribution in [3.8, 4) is 0 Å². The Morgan fingerprint density at radius 3 is 1.86 bits per heavy atom. The molecule has 0 spiro atoms. The molecule has 0 aliphatic rings. The van der Waals surface area contributed by atoms with Gasteiger partial charge in [-0.05, 0) is 34.6 Å². The van der Waals surface area contributed by atoms with Gasteiger partial charge in [-0.15, -0.1) is 0 Å². The van der Waals surface area contributed by atoms with Crippen molar-refractivity contribution in [3.63, 3.8) is 0 Å². The van der Waals surface area contributed by atoms with Crippen LogP contribution in [0, 0.1) is 0 Å². The highest BCUT2D eigenvalue weighted by molar-refractivity contribution is 5.66. The SMILES string of the molecule is CC[N+](CC)(CCC(=O)O)C(C)(C)C. The molecule has 0 bridgehead atoms. The molecule has 0 rings (SSSR count). The fraction of sp³-hybridized carbons (Fsp3) is 0.909. The van der Waals surface area contributed by atoms with Gasteiger partial charge in [-0.25, -0.2) is 0 Å². The van der Waals surface area contributed by atoms with Gasteiger partial charge in [0.25, 0.3) is 0 Å². The number of nitrogens with zero attached hydrogens (tertiary/aromatic N) is 1. The second-order valence-corrected chi connectivity index (χ2v) is 4.82. The molecule has 0 aromatic heterocycles. The lowest BCUT2D eigenvalue weighted by Gasteiger charge is -2.47. The zero-order valence-electron chi connectivity index (χ0n) is 10.1. The fourth-order valence-corrected chi connectivity index (χ4v) is 2.13. The van der Waals surface area contributed by atoms with Crippen LogP contribution in [0.2, 0.25) is 0 Å². The molecule has 14 heavy (non-hydrogen) atoms. The van der Waals surface area contributed by atoms with Gasteiger partial charge in [-0.2, -0.15) is 0 Å². The Hall–Kier alpha value is -0.570. The van der Waals surface area contributed by atoms with Gasteiger partial charge in [0.1, 0.15) is 0 Å². The lowest BCUT2D eigenvalue weighted by Crippen LogP contribution is -2.60. The summed E-state index contributed by atoms with van der Waals surface area (Å²) in [4.78, 5) is 10.6. The van der Waals surface area contributed by atoms with Crippen molar-refractivity contribution in [1.82, 2.24) is 0 Å². The Balaban J connectivity index is 4.63. The first kappa shape index (κ1) is 13.4. The predicted octanol–water partition coefficient (Wildman–Crippen LogP) is 2.12. The lowest BCUT2D eigenvalue weighted by molar-refractivity contribution is -0.967. The number of hydrogen-bond acceptors (Lipinski definition) is 1. The summed E-state index contributed by atoms with van der Waals surface area (Å²) in [5.74, 6) is -0.696. The molecule has 0 aromatic carbocycles. The quantitative estimate of drug-likeness (QED) is 0.693. The molecule has 84 valence electrons. The maximum absolute atomic E-state index is 10.6. The maximum Gasteiger partial charge on any atom is 0.309 e. The molecule has 0 aliphatic carbocycles. The number of rotatable bonds is 5. The van der Waals surface area contributed by atoms with Crippen LogP contribution in [0.15, 0.2) is 0 Å². The highest BCUT2D eigenvalue weighted by Gasteiger charge is 2.37. The van der Waals surface area contributed by atoms with E-state index in [-0.39, 0.29) is 12.0 Å². The molecule has 0 unspecified atom stereocenters. The van der Waals surface area contributed by atoms with Gasteiger partial charge in [-0.3, -0.25) is 4.79 Å². The van der Waals surface area contributed by atoms with Gasteiger partial charge >= 0.3 is 5.97 Å². The smallest absolute Gasteiger partial charge is 0.309 e. The van der Waals surface area contributed by atoms with Crippen molar-refractivity contribution in [2.24, 2.45) is 0 Å². The van der Waals surface area contributed by atoms with E-state index in [0.717, 1.165) is 24.1 Å². The standard InChI is InChI=1S/C11H23NO2/c1-6-12(7-2,11(3,4)5)9-8-10(13)14/h6-9H2,1-5H3/p+1. The molecule has 0 saturated heterocycles. The maximum atomic E-state index is 10.6. The Kier molecular flexibility index (Phi) is 4.59. The molecule has 3 nitrogen and oxygen atoms in total. The molecule has 0 atom stereocenters. The summed E-state index contributed by atoms with van der Waals surface area (Å²) < 4.78 is 0.874. The molecule has 1 N–H and O–H groups in total. The van der Waals surface area contributed by atoms with Crippen LogP contribution in [-0.2, 0) is 4.79 Å². The number of carboxylic acid groups (broad SMARTS) is 1. The van der Waals surface area contributed by atoms with E-state index >= 15 is 0 Å². The van der Waals surface area contributed by atoms with Crippen molar-refractivity contribution in [2.75, 3.05) is 19.6 Å². The van der Waals surface area contributed by atoms with Crippen molar-refractivity contribution in [1.29, 1.82) is 0 Å². The third kappa shape index (κ3) is 2.98. The van der Waals surface area contributed by atoms with Gasteiger partial charge in [0, 0.05) is 0 Å². The number of aliphatic carboxylic acids is 1. The summed E-state index contributed by atoms with van der Waals surface area (Å²) in [5, 5.41) is 8.72. The monoisotopic (exact) mass is 202 g/mol. The average molecular weight is 202 g/mol. The molecule has 0 radical (unpaired) electrons. The molecule has 0 aliphatic heterocycles. The number of hydrogen-bond donors (Lipinski definition) is 1. The molecule has 0 saturated carbocycles. The summed E-state index contributed by atoms with van der Waals surface area (Å²) in [6.45, 7) is 13.5. The first-order valence-corrected chi connectivity index (χ1v) is 5.37. The Morgan fingerprint density at radius 2 is 1.64 bits per heavy atom. The van der Waals surface area contributed by atoms with E-state index in [1.54, 1.807) is 0 Å². The minimum Gasteiger partial charge on any atom is -0.481 e. The largest absolute Gasteiger partial charge is 0.481 e. The van der Waals surface area contributed by atoms with Crippen molar-refractivity contribution in [2.45, 2.75) is 46.6 Å². The minimum atomic E-state index is -0.696. The summed E-state index contributed by atoms with van der Waals surface area (Å²) in [7, 11) is 0. The Morgan fingerprint density at radius 1 is 1.21 bits per heavy atom. The van der Waals surface area contributed by atoms with Gasteiger partial charge in [0.05, 0.1) is 31.6 Å². The van der Waals surface area contributed by atoms with Gasteiger partial charge in [0.15, 0.2) is 0 Å². The molecule has 3 heteroatoms. The van der Waals surface area contributed by atoms with Crippen LogP contribution in [0.5, 0.6) is 0 Å². The van der Waals surface area contributed by atoms with Crippen LogP contribution >= 0.6 is 0 Å². The lowest BCUT2D eigenvalue weighted by atomic mass is 10.0. The van der Waals surface area contributed by atoms with E-state index in [0.29, 0.717) is 0 Å². The van der Waals surface area contributed by atoms with E-state index in [9.17, 15) is 4.79 Å². The fourth-order valence-electron chi connectivity index (χ4n) is 2.13. The third-order valence-electron chi connectivity index (χ3n) is 3.39. The van der Waals surface area contributed by atoms with Crippen molar-refractivity contribution >= 4 is 5.97 Å². The van der Waals surface area contributed by atoms with E-state index in [1.807, 2.05) is 0 Å². The Labute approximate surface area is 87.3 Å². The van der Waals surface area contributed by atoms with E-state index in [2.05, 4.69) is 34.6 Å². The molecular formula is C11H24NO2+. The normalized spacial score (nSPS) is 12.9. The van der Waals surface area contributed by atoms with Crippen LogP contribution in [0.4, 0.5) is 0 Å². The van der Waals surface area contributed by atoms with Gasteiger partial charge in [-0.1, -0.05) is 0 Å². The zero-order valence-corrected chi connectivity index (χ0v) is 10.1. The predicted molar refractivity (Wildman–Crippen MR) is 58.2 cm³/mol. The summed E-state index contributed by atoms with van der Waals surface area (Å²) >= 11 is 0. The second-order valence-electron chi connectivity index (χ2n) is 4.82. The molecule has 0 fully saturated rings.